The van der Waals surface area contributed by atoms with Crippen LogP contribution in [-0.4, -0.2) is 17.5 Å². The Hall–Kier alpha value is -2.18. The lowest BCUT2D eigenvalue weighted by atomic mass is 10.0. The molecule has 0 saturated heterocycles. The van der Waals surface area contributed by atoms with Crippen molar-refractivity contribution in [2.24, 2.45) is 0 Å². The quantitative estimate of drug-likeness (QED) is 0.544. The predicted octanol–water partition coefficient (Wildman–Crippen LogP) is 5.71. The zero-order chi connectivity index (χ0) is 18.5. The van der Waals surface area contributed by atoms with Gasteiger partial charge in [-0.05, 0) is 29.7 Å². The molecule has 1 amide bonds. The number of benzene rings is 2. The second-order valence-electron chi connectivity index (χ2n) is 6.08. The molecule has 0 spiro atoms. The van der Waals surface area contributed by atoms with Crippen LogP contribution in [0.1, 0.15) is 25.3 Å². The van der Waals surface area contributed by atoms with E-state index in [1.807, 2.05) is 53.9 Å². The van der Waals surface area contributed by atoms with Crippen LogP contribution in [-0.2, 0) is 4.79 Å². The summed E-state index contributed by atoms with van der Waals surface area (Å²) in [4.78, 5) is 16.7. The second-order valence-corrected chi connectivity index (χ2v) is 7.85. The molecule has 0 fully saturated rings. The van der Waals surface area contributed by atoms with Gasteiger partial charge in [0.25, 0.3) is 5.91 Å². The molecule has 0 aliphatic carbocycles. The molecule has 1 heterocycles. The molecule has 26 heavy (non-hydrogen) atoms. The molecular formula is C20H19BrN2O2S. The number of carbonyl (C=O) groups excluding carboxylic acids is 1. The molecular weight excluding hydrogens is 412 g/mol. The van der Waals surface area contributed by atoms with Crippen molar-refractivity contribution in [2.45, 2.75) is 19.8 Å². The Labute approximate surface area is 165 Å². The highest BCUT2D eigenvalue weighted by Gasteiger charge is 2.11. The van der Waals surface area contributed by atoms with E-state index in [1.54, 1.807) is 0 Å². The smallest absolute Gasteiger partial charge is 0.264 e. The molecule has 0 bridgehead atoms. The average molecular weight is 431 g/mol. The molecule has 0 aliphatic rings. The third-order valence-corrected chi connectivity index (χ3v) is 5.02. The Morgan fingerprint density at radius 1 is 1.23 bits per heavy atom. The van der Waals surface area contributed by atoms with E-state index in [9.17, 15) is 4.79 Å². The summed E-state index contributed by atoms with van der Waals surface area (Å²) in [5.74, 6) is 0.853. The zero-order valence-corrected chi connectivity index (χ0v) is 16.9. The predicted molar refractivity (Wildman–Crippen MR) is 110 cm³/mol. The third-order valence-electron chi connectivity index (χ3n) is 3.77. The molecule has 0 radical (unpaired) electrons. The van der Waals surface area contributed by atoms with Crippen LogP contribution in [0.2, 0.25) is 0 Å². The van der Waals surface area contributed by atoms with Crippen LogP contribution >= 0.6 is 27.3 Å². The lowest BCUT2D eigenvalue weighted by Crippen LogP contribution is -2.20. The molecule has 0 unspecified atom stereocenters. The van der Waals surface area contributed by atoms with Gasteiger partial charge >= 0.3 is 0 Å². The summed E-state index contributed by atoms with van der Waals surface area (Å²) in [5, 5.41) is 5.28. The monoisotopic (exact) mass is 430 g/mol. The first-order valence-electron chi connectivity index (χ1n) is 8.26. The van der Waals surface area contributed by atoms with Gasteiger partial charge in [-0.25, -0.2) is 4.98 Å². The average Bonchev–Trinajstić information content (AvgIpc) is 3.08. The molecule has 0 saturated carbocycles. The molecule has 4 nitrogen and oxygen atoms in total. The van der Waals surface area contributed by atoms with Crippen LogP contribution in [0, 0.1) is 0 Å². The van der Waals surface area contributed by atoms with Gasteiger partial charge in [0.2, 0.25) is 0 Å². The number of rotatable bonds is 6. The summed E-state index contributed by atoms with van der Waals surface area (Å²) in [5.41, 5.74) is 2.92. The Balaban J connectivity index is 1.61. The first-order chi connectivity index (χ1) is 12.5. The lowest BCUT2D eigenvalue weighted by Gasteiger charge is -2.13. The van der Waals surface area contributed by atoms with Crippen LogP contribution in [0.4, 0.5) is 5.13 Å². The van der Waals surface area contributed by atoms with Crippen LogP contribution in [0.15, 0.2) is 58.4 Å². The first kappa shape index (κ1) is 18.6. The van der Waals surface area contributed by atoms with E-state index in [-0.39, 0.29) is 12.5 Å². The van der Waals surface area contributed by atoms with Crippen molar-refractivity contribution in [3.05, 3.63) is 63.9 Å². The van der Waals surface area contributed by atoms with E-state index in [0.717, 1.165) is 27.0 Å². The van der Waals surface area contributed by atoms with Crippen LogP contribution in [0.3, 0.4) is 0 Å². The van der Waals surface area contributed by atoms with Crippen molar-refractivity contribution in [3.63, 3.8) is 0 Å². The maximum absolute atomic E-state index is 12.2. The fourth-order valence-corrected chi connectivity index (χ4v) is 3.63. The summed E-state index contributed by atoms with van der Waals surface area (Å²) >= 11 is 4.85. The maximum Gasteiger partial charge on any atom is 0.264 e. The minimum Gasteiger partial charge on any atom is -0.483 e. The Morgan fingerprint density at radius 3 is 2.81 bits per heavy atom. The van der Waals surface area contributed by atoms with Crippen molar-refractivity contribution < 1.29 is 9.53 Å². The van der Waals surface area contributed by atoms with Gasteiger partial charge in [-0.1, -0.05) is 60.1 Å². The van der Waals surface area contributed by atoms with Crippen molar-refractivity contribution in [3.8, 4) is 17.0 Å². The molecule has 134 valence electrons. The summed E-state index contributed by atoms with van der Waals surface area (Å²) in [6, 6.07) is 15.7. The lowest BCUT2D eigenvalue weighted by molar-refractivity contribution is -0.118. The van der Waals surface area contributed by atoms with E-state index >= 15 is 0 Å². The largest absolute Gasteiger partial charge is 0.483 e. The van der Waals surface area contributed by atoms with Gasteiger partial charge in [-0.2, -0.15) is 0 Å². The minimum atomic E-state index is -0.223. The van der Waals surface area contributed by atoms with Crippen LogP contribution < -0.4 is 10.1 Å². The SMILES string of the molecule is CC(C)c1ccccc1OCC(=O)Nc1nc(-c2cccc(Br)c2)cs1. The van der Waals surface area contributed by atoms with Crippen molar-refractivity contribution >= 4 is 38.3 Å². The topological polar surface area (TPSA) is 51.2 Å². The van der Waals surface area contributed by atoms with Gasteiger partial charge < -0.3 is 4.74 Å². The van der Waals surface area contributed by atoms with Gasteiger partial charge in [0, 0.05) is 15.4 Å². The highest BCUT2D eigenvalue weighted by atomic mass is 79.9. The number of hydrogen-bond donors (Lipinski definition) is 1. The van der Waals surface area contributed by atoms with E-state index in [2.05, 4.69) is 40.1 Å². The van der Waals surface area contributed by atoms with E-state index in [4.69, 9.17) is 4.74 Å². The Kier molecular flexibility index (Phi) is 6.06. The molecule has 1 aromatic heterocycles. The number of aromatic nitrogens is 1. The summed E-state index contributed by atoms with van der Waals surface area (Å²) < 4.78 is 6.69. The number of ether oxygens (including phenoxy) is 1. The molecule has 3 rings (SSSR count). The maximum atomic E-state index is 12.2. The van der Waals surface area contributed by atoms with Gasteiger partial charge in [-0.3, -0.25) is 10.1 Å². The van der Waals surface area contributed by atoms with E-state index in [1.165, 1.54) is 11.3 Å². The van der Waals surface area contributed by atoms with Crippen LogP contribution in [0.25, 0.3) is 11.3 Å². The first-order valence-corrected chi connectivity index (χ1v) is 9.93. The molecule has 6 heteroatoms. The summed E-state index contributed by atoms with van der Waals surface area (Å²) in [6.45, 7) is 4.15. The number of thiazole rings is 1. The van der Waals surface area contributed by atoms with Gasteiger partial charge in [0.1, 0.15) is 5.75 Å². The van der Waals surface area contributed by atoms with Crippen LogP contribution in [0.5, 0.6) is 5.75 Å². The van der Waals surface area contributed by atoms with Gasteiger partial charge in [-0.15, -0.1) is 11.3 Å². The standard InChI is InChI=1S/C20H19BrN2O2S/c1-13(2)16-8-3-4-9-18(16)25-11-19(24)23-20-22-17(12-26-20)14-6-5-7-15(21)10-14/h3-10,12-13H,11H2,1-2H3,(H,22,23,24). The number of amides is 1. The van der Waals surface area contributed by atoms with Crippen molar-refractivity contribution in [2.75, 3.05) is 11.9 Å². The highest BCUT2D eigenvalue weighted by Crippen LogP contribution is 2.27. The molecule has 0 atom stereocenters. The van der Waals surface area contributed by atoms with Crippen molar-refractivity contribution in [1.29, 1.82) is 0 Å². The van der Waals surface area contributed by atoms with Gasteiger partial charge in [0.05, 0.1) is 5.69 Å². The molecule has 1 N–H and O–H groups in total. The zero-order valence-electron chi connectivity index (χ0n) is 14.5. The van der Waals surface area contributed by atoms with Gasteiger partial charge in [0.15, 0.2) is 11.7 Å². The highest BCUT2D eigenvalue weighted by molar-refractivity contribution is 9.10. The second kappa shape index (κ2) is 8.47. The normalized spacial score (nSPS) is 10.8. The number of anilines is 1. The number of halogens is 1. The third kappa shape index (κ3) is 4.71. The fraction of sp³-hybridized carbons (Fsp3) is 0.200. The molecule has 0 aliphatic heterocycles. The number of hydrogen-bond acceptors (Lipinski definition) is 4. The van der Waals surface area contributed by atoms with E-state index < -0.39 is 0 Å². The Bertz CT molecular complexity index is 908. The fourth-order valence-electron chi connectivity index (χ4n) is 2.50. The van der Waals surface area contributed by atoms with E-state index in [0.29, 0.717) is 11.0 Å². The molecule has 2 aromatic carbocycles. The molecule has 3 aromatic rings. The minimum absolute atomic E-state index is 0.0461. The number of para-hydroxylation sites is 1. The van der Waals surface area contributed by atoms with Crippen molar-refractivity contribution in [1.82, 2.24) is 4.98 Å². The number of carbonyl (C=O) groups is 1. The number of nitrogens with one attached hydrogen (secondary N) is 1. The summed E-state index contributed by atoms with van der Waals surface area (Å²) in [6.07, 6.45) is 0. The summed E-state index contributed by atoms with van der Waals surface area (Å²) in [7, 11) is 0. The Morgan fingerprint density at radius 2 is 2.04 bits per heavy atom. The number of nitrogens with zero attached hydrogens (tertiary/aromatic N) is 1.